The van der Waals surface area contributed by atoms with E-state index >= 15 is 0 Å². The second-order valence-electron chi connectivity index (χ2n) is 4.45. The van der Waals surface area contributed by atoms with Crippen LogP contribution in [-0.2, 0) is 17.7 Å². The fourth-order valence-electron chi connectivity index (χ4n) is 1.93. The molecule has 0 aromatic heterocycles. The van der Waals surface area contributed by atoms with E-state index in [4.69, 9.17) is 4.55 Å². The Morgan fingerprint density at radius 1 is 1.53 bits per heavy atom. The van der Waals surface area contributed by atoms with E-state index in [0.717, 1.165) is 6.42 Å². The van der Waals surface area contributed by atoms with Crippen LogP contribution in [0.2, 0.25) is 0 Å². The van der Waals surface area contributed by atoms with Crippen molar-refractivity contribution in [1.29, 1.82) is 0 Å². The molecule has 17 heavy (non-hydrogen) atoms. The third-order valence-electron chi connectivity index (χ3n) is 3.17. The first-order valence-electron chi connectivity index (χ1n) is 5.71. The van der Waals surface area contributed by atoms with Crippen molar-refractivity contribution in [3.05, 3.63) is 29.6 Å². The first-order chi connectivity index (χ1) is 8.09. The first kappa shape index (κ1) is 12.5. The van der Waals surface area contributed by atoms with Crippen LogP contribution < -0.4 is 4.31 Å². The van der Waals surface area contributed by atoms with Crippen LogP contribution in [-0.4, -0.2) is 15.8 Å². The Morgan fingerprint density at radius 3 is 2.82 bits per heavy atom. The summed E-state index contributed by atoms with van der Waals surface area (Å²) >= 11 is -2.11. The lowest BCUT2D eigenvalue weighted by Crippen LogP contribution is -2.21. The Kier molecular flexibility index (Phi) is 3.79. The fourth-order valence-corrected chi connectivity index (χ4v) is 2.27. The van der Waals surface area contributed by atoms with Gasteiger partial charge in [-0.3, -0.25) is 8.86 Å². The highest BCUT2D eigenvalue weighted by molar-refractivity contribution is 7.80. The molecule has 1 aromatic carbocycles. The van der Waals surface area contributed by atoms with Gasteiger partial charge in [-0.05, 0) is 30.9 Å². The zero-order chi connectivity index (χ0) is 12.4. The Bertz CT molecular complexity index is 435. The second-order valence-corrected chi connectivity index (χ2v) is 5.46. The van der Waals surface area contributed by atoms with Crippen LogP contribution in [0.5, 0.6) is 0 Å². The zero-order valence-corrected chi connectivity index (χ0v) is 10.5. The third kappa shape index (κ3) is 3.04. The Morgan fingerprint density at radius 2 is 2.24 bits per heavy atom. The highest BCUT2D eigenvalue weighted by atomic mass is 32.2. The molecule has 1 aliphatic rings. The topological polar surface area (TPSA) is 40.5 Å². The van der Waals surface area contributed by atoms with Gasteiger partial charge in [0.15, 0.2) is 0 Å². The predicted molar refractivity (Wildman–Crippen MR) is 66.6 cm³/mol. The summed E-state index contributed by atoms with van der Waals surface area (Å²) in [6.45, 7) is 0. The molecule has 0 spiro atoms. The van der Waals surface area contributed by atoms with Gasteiger partial charge in [0, 0.05) is 12.6 Å². The van der Waals surface area contributed by atoms with Crippen molar-refractivity contribution in [2.24, 2.45) is 5.92 Å². The molecule has 1 aromatic rings. The van der Waals surface area contributed by atoms with Crippen molar-refractivity contribution in [1.82, 2.24) is 0 Å². The molecule has 0 radical (unpaired) electrons. The highest BCUT2D eigenvalue weighted by Crippen LogP contribution is 2.35. The molecule has 1 fully saturated rings. The lowest BCUT2D eigenvalue weighted by atomic mass is 10.0. The number of rotatable bonds is 5. The minimum Gasteiger partial charge on any atom is -0.289 e. The molecule has 1 N–H and O–H groups in total. The second kappa shape index (κ2) is 5.14. The summed E-state index contributed by atoms with van der Waals surface area (Å²) in [6.07, 6.45) is 4.05. The molecule has 0 bridgehead atoms. The van der Waals surface area contributed by atoms with Gasteiger partial charge in [-0.15, -0.1) is 0 Å². The number of anilines is 1. The third-order valence-corrected chi connectivity index (χ3v) is 3.83. The molecule has 3 nitrogen and oxygen atoms in total. The van der Waals surface area contributed by atoms with Gasteiger partial charge in [0.2, 0.25) is 0 Å². The van der Waals surface area contributed by atoms with E-state index < -0.39 is 11.3 Å². The van der Waals surface area contributed by atoms with E-state index in [0.29, 0.717) is 23.6 Å². The molecule has 0 saturated heterocycles. The van der Waals surface area contributed by atoms with Crippen LogP contribution in [0, 0.1) is 11.7 Å². The maximum Gasteiger partial charge on any atom is 0.261 e. The van der Waals surface area contributed by atoms with Gasteiger partial charge in [-0.2, -0.15) is 0 Å². The van der Waals surface area contributed by atoms with E-state index in [1.165, 1.54) is 30.3 Å². The molecule has 0 amide bonds. The van der Waals surface area contributed by atoms with Crippen molar-refractivity contribution in [3.8, 4) is 0 Å². The van der Waals surface area contributed by atoms with Crippen LogP contribution in [0.4, 0.5) is 10.1 Å². The summed E-state index contributed by atoms with van der Waals surface area (Å²) in [6, 6.07) is 4.65. The number of benzene rings is 1. The van der Waals surface area contributed by atoms with E-state index in [-0.39, 0.29) is 5.82 Å². The predicted octanol–water partition coefficient (Wildman–Crippen LogP) is 2.74. The molecule has 0 heterocycles. The van der Waals surface area contributed by atoms with Crippen molar-refractivity contribution >= 4 is 17.0 Å². The van der Waals surface area contributed by atoms with E-state index in [9.17, 15) is 8.60 Å². The van der Waals surface area contributed by atoms with Crippen LogP contribution in [0.1, 0.15) is 24.8 Å². The fraction of sp³-hybridized carbons (Fsp3) is 0.500. The summed E-state index contributed by atoms with van der Waals surface area (Å²) < 4.78 is 35.0. The van der Waals surface area contributed by atoms with Crippen LogP contribution in [0.25, 0.3) is 0 Å². The molecular formula is C12H16FNO2S. The van der Waals surface area contributed by atoms with Gasteiger partial charge in [0.25, 0.3) is 11.3 Å². The standard InChI is InChI=1S/C12H16FNO2S/c1-14(17(15)16)12-4-2-3-11(13)10(12)8-7-9-5-6-9/h2-4,9H,5-8H2,1H3,(H,15,16). The van der Waals surface area contributed by atoms with Crippen LogP contribution >= 0.6 is 0 Å². The molecule has 1 saturated carbocycles. The number of hydrogen-bond acceptors (Lipinski definition) is 1. The molecule has 1 aliphatic carbocycles. The minimum atomic E-state index is -2.11. The summed E-state index contributed by atoms with van der Waals surface area (Å²) in [5.41, 5.74) is 1.05. The average Bonchev–Trinajstić information content (AvgIpc) is 3.10. The normalized spacial score (nSPS) is 16.9. The maximum atomic E-state index is 13.7. The summed E-state index contributed by atoms with van der Waals surface area (Å²) in [5.74, 6) is 0.424. The van der Waals surface area contributed by atoms with Crippen molar-refractivity contribution in [2.75, 3.05) is 11.4 Å². The maximum absolute atomic E-state index is 13.7. The summed E-state index contributed by atoms with van der Waals surface area (Å²) in [4.78, 5) is 0. The van der Waals surface area contributed by atoms with Gasteiger partial charge in [-0.1, -0.05) is 18.9 Å². The van der Waals surface area contributed by atoms with Gasteiger partial charge in [-0.25, -0.2) is 8.60 Å². The van der Waals surface area contributed by atoms with Crippen LogP contribution in [0.3, 0.4) is 0 Å². The Balaban J connectivity index is 2.22. The number of nitrogens with zero attached hydrogens (tertiary/aromatic N) is 1. The van der Waals surface area contributed by atoms with E-state index in [1.54, 1.807) is 12.1 Å². The van der Waals surface area contributed by atoms with Gasteiger partial charge >= 0.3 is 0 Å². The molecule has 94 valence electrons. The Labute approximate surface area is 103 Å². The van der Waals surface area contributed by atoms with Gasteiger partial charge in [0.1, 0.15) is 5.82 Å². The molecular weight excluding hydrogens is 241 g/mol. The van der Waals surface area contributed by atoms with Crippen molar-refractivity contribution < 1.29 is 13.2 Å². The Hall–Kier alpha value is -0.940. The largest absolute Gasteiger partial charge is 0.289 e. The number of halogens is 1. The van der Waals surface area contributed by atoms with Gasteiger partial charge in [0.05, 0.1) is 5.69 Å². The molecule has 2 rings (SSSR count). The highest BCUT2D eigenvalue weighted by Gasteiger charge is 2.23. The van der Waals surface area contributed by atoms with Crippen molar-refractivity contribution in [2.45, 2.75) is 25.7 Å². The lowest BCUT2D eigenvalue weighted by molar-refractivity contribution is 0.561. The molecule has 1 atom stereocenters. The first-order valence-corrected chi connectivity index (χ1v) is 6.78. The average molecular weight is 257 g/mol. The molecule has 5 heteroatoms. The lowest BCUT2D eigenvalue weighted by Gasteiger charge is -2.18. The minimum absolute atomic E-state index is 0.291. The quantitative estimate of drug-likeness (QED) is 0.824. The smallest absolute Gasteiger partial charge is 0.261 e. The number of hydrogen-bond donors (Lipinski definition) is 1. The summed E-state index contributed by atoms with van der Waals surface area (Å²) in [5, 5.41) is 0. The monoisotopic (exact) mass is 257 g/mol. The van der Waals surface area contributed by atoms with Gasteiger partial charge < -0.3 is 0 Å². The van der Waals surface area contributed by atoms with Crippen molar-refractivity contribution in [3.63, 3.8) is 0 Å². The molecule has 1 unspecified atom stereocenters. The molecule has 0 aliphatic heterocycles. The SMILES string of the molecule is CN(c1cccc(F)c1CCC1CC1)S(=O)O. The van der Waals surface area contributed by atoms with Crippen LogP contribution in [0.15, 0.2) is 18.2 Å². The van der Waals surface area contributed by atoms with E-state index in [2.05, 4.69) is 0 Å². The zero-order valence-electron chi connectivity index (χ0n) is 9.73. The van der Waals surface area contributed by atoms with E-state index in [1.807, 2.05) is 0 Å². The summed E-state index contributed by atoms with van der Waals surface area (Å²) in [7, 11) is 1.49.